The van der Waals surface area contributed by atoms with Gasteiger partial charge in [0.15, 0.2) is 0 Å². The van der Waals surface area contributed by atoms with Crippen LogP contribution in [0.5, 0.6) is 5.75 Å². The van der Waals surface area contributed by atoms with E-state index in [0.717, 1.165) is 34.8 Å². The van der Waals surface area contributed by atoms with Gasteiger partial charge in [-0.2, -0.15) is 0 Å². The maximum absolute atomic E-state index is 12.1. The summed E-state index contributed by atoms with van der Waals surface area (Å²) in [6.07, 6.45) is 1.74. The third-order valence-corrected chi connectivity index (χ3v) is 4.47. The molecule has 0 atom stereocenters. The van der Waals surface area contributed by atoms with Crippen molar-refractivity contribution in [2.45, 2.75) is 26.2 Å². The molecule has 4 nitrogen and oxygen atoms in total. The first kappa shape index (κ1) is 18.8. The summed E-state index contributed by atoms with van der Waals surface area (Å²) >= 11 is 0. The minimum Gasteiger partial charge on any atom is -0.496 e. The monoisotopic (exact) mass is 363 g/mol. The first-order valence-electron chi connectivity index (χ1n) is 9.20. The number of carbonyl (C=O) groups excluding carboxylic acids is 1. The number of hydrogen-bond acceptors (Lipinski definition) is 3. The van der Waals surface area contributed by atoms with Gasteiger partial charge in [0.05, 0.1) is 7.11 Å². The fourth-order valence-corrected chi connectivity index (χ4v) is 3.03. The molecule has 0 fully saturated rings. The Bertz CT molecular complexity index is 884. The molecule has 0 aliphatic heterocycles. The van der Waals surface area contributed by atoms with E-state index in [1.165, 1.54) is 5.56 Å². The van der Waals surface area contributed by atoms with Gasteiger partial charge < -0.3 is 14.5 Å². The molecule has 4 heteroatoms. The van der Waals surface area contributed by atoms with Crippen molar-refractivity contribution in [1.82, 2.24) is 5.32 Å². The second-order valence-electron chi connectivity index (χ2n) is 6.55. The maximum atomic E-state index is 12.1. The Kier molecular flexibility index (Phi) is 6.31. The van der Waals surface area contributed by atoms with Gasteiger partial charge in [-0.25, -0.2) is 0 Å². The van der Waals surface area contributed by atoms with E-state index < -0.39 is 0 Å². The van der Waals surface area contributed by atoms with Gasteiger partial charge in [-0.15, -0.1) is 0 Å². The largest absolute Gasteiger partial charge is 0.496 e. The van der Waals surface area contributed by atoms with Gasteiger partial charge in [-0.3, -0.25) is 4.79 Å². The summed E-state index contributed by atoms with van der Waals surface area (Å²) in [6, 6.07) is 19.9. The minimum atomic E-state index is 0.0271. The molecular formula is C23H25NO3. The lowest BCUT2D eigenvalue weighted by Crippen LogP contribution is -2.26. The zero-order valence-electron chi connectivity index (χ0n) is 15.8. The van der Waals surface area contributed by atoms with Gasteiger partial charge in [-0.05, 0) is 37.1 Å². The number of rotatable bonds is 8. The standard InChI is InChI=1S/C23H25NO3/c1-17-8-11-21(26-2)19(16-17)14-15-24-23(25)13-10-20-9-12-22(27-20)18-6-4-3-5-7-18/h3-9,11-12,16H,10,13-15H2,1-2H3,(H,24,25). The second-order valence-corrected chi connectivity index (χ2v) is 6.55. The molecule has 0 radical (unpaired) electrons. The topological polar surface area (TPSA) is 51.5 Å². The number of hydrogen-bond donors (Lipinski definition) is 1. The molecule has 2 aromatic carbocycles. The minimum absolute atomic E-state index is 0.0271. The molecular weight excluding hydrogens is 338 g/mol. The number of amides is 1. The van der Waals surface area contributed by atoms with E-state index in [1.54, 1.807) is 7.11 Å². The molecule has 140 valence electrons. The van der Waals surface area contributed by atoms with Crippen LogP contribution in [-0.4, -0.2) is 19.6 Å². The summed E-state index contributed by atoms with van der Waals surface area (Å²) in [5.74, 6) is 2.54. The lowest BCUT2D eigenvalue weighted by atomic mass is 10.1. The summed E-state index contributed by atoms with van der Waals surface area (Å²) < 4.78 is 11.2. The molecule has 3 rings (SSSR count). The summed E-state index contributed by atoms with van der Waals surface area (Å²) in [4.78, 5) is 12.1. The van der Waals surface area contributed by atoms with Gasteiger partial charge in [0, 0.05) is 24.9 Å². The fraction of sp³-hybridized carbons (Fsp3) is 0.261. The van der Waals surface area contributed by atoms with Gasteiger partial charge >= 0.3 is 0 Å². The van der Waals surface area contributed by atoms with Crippen LogP contribution in [-0.2, 0) is 17.6 Å². The Balaban J connectivity index is 1.45. The molecule has 0 unspecified atom stereocenters. The van der Waals surface area contributed by atoms with Gasteiger partial charge in [-0.1, -0.05) is 48.0 Å². The van der Waals surface area contributed by atoms with Crippen LogP contribution in [0.25, 0.3) is 11.3 Å². The van der Waals surface area contributed by atoms with Crippen LogP contribution < -0.4 is 10.1 Å². The Morgan fingerprint density at radius 2 is 1.85 bits per heavy atom. The number of nitrogens with one attached hydrogen (secondary N) is 1. The molecule has 0 spiro atoms. The number of furan rings is 1. The zero-order chi connectivity index (χ0) is 19.1. The number of carbonyl (C=O) groups is 1. The molecule has 1 N–H and O–H groups in total. The van der Waals surface area contributed by atoms with Crippen LogP contribution in [0.4, 0.5) is 0 Å². The van der Waals surface area contributed by atoms with Crippen LogP contribution in [0.3, 0.4) is 0 Å². The molecule has 0 aliphatic rings. The Morgan fingerprint density at radius 1 is 1.04 bits per heavy atom. The average Bonchev–Trinajstić information content (AvgIpc) is 3.16. The predicted molar refractivity (Wildman–Crippen MR) is 107 cm³/mol. The van der Waals surface area contributed by atoms with E-state index in [4.69, 9.17) is 9.15 Å². The zero-order valence-corrected chi connectivity index (χ0v) is 15.8. The SMILES string of the molecule is COc1ccc(C)cc1CCNC(=O)CCc1ccc(-c2ccccc2)o1. The average molecular weight is 363 g/mol. The van der Waals surface area contributed by atoms with Crippen molar-refractivity contribution < 1.29 is 13.9 Å². The normalized spacial score (nSPS) is 10.6. The first-order valence-corrected chi connectivity index (χ1v) is 9.20. The van der Waals surface area contributed by atoms with E-state index in [9.17, 15) is 4.79 Å². The van der Waals surface area contributed by atoms with Crippen molar-refractivity contribution in [2.75, 3.05) is 13.7 Å². The van der Waals surface area contributed by atoms with Crippen LogP contribution in [0.2, 0.25) is 0 Å². The summed E-state index contributed by atoms with van der Waals surface area (Å²) in [7, 11) is 1.67. The third kappa shape index (κ3) is 5.23. The molecule has 0 bridgehead atoms. The molecule has 0 saturated heterocycles. The quantitative estimate of drug-likeness (QED) is 0.638. The molecule has 1 aromatic heterocycles. The second kappa shape index (κ2) is 9.08. The van der Waals surface area contributed by atoms with Crippen molar-refractivity contribution in [3.8, 4) is 17.1 Å². The van der Waals surface area contributed by atoms with Crippen LogP contribution in [0.1, 0.15) is 23.3 Å². The fourth-order valence-electron chi connectivity index (χ4n) is 3.03. The third-order valence-electron chi connectivity index (χ3n) is 4.47. The smallest absolute Gasteiger partial charge is 0.220 e. The van der Waals surface area contributed by atoms with E-state index in [1.807, 2.05) is 54.6 Å². The number of methoxy groups -OCH3 is 1. The highest BCUT2D eigenvalue weighted by atomic mass is 16.5. The van der Waals surface area contributed by atoms with Crippen molar-refractivity contribution in [3.05, 3.63) is 77.6 Å². The summed E-state index contributed by atoms with van der Waals surface area (Å²) in [6.45, 7) is 2.64. The lowest BCUT2D eigenvalue weighted by molar-refractivity contribution is -0.121. The Hall–Kier alpha value is -3.01. The van der Waals surface area contributed by atoms with Crippen molar-refractivity contribution in [2.24, 2.45) is 0 Å². The van der Waals surface area contributed by atoms with Gasteiger partial charge in [0.1, 0.15) is 17.3 Å². The van der Waals surface area contributed by atoms with Gasteiger partial charge in [0.2, 0.25) is 5.91 Å². The summed E-state index contributed by atoms with van der Waals surface area (Å²) in [5.41, 5.74) is 3.33. The number of aryl methyl sites for hydroxylation is 2. The molecule has 1 amide bonds. The highest BCUT2D eigenvalue weighted by Crippen LogP contribution is 2.22. The summed E-state index contributed by atoms with van der Waals surface area (Å²) in [5, 5.41) is 2.97. The van der Waals surface area contributed by atoms with Crippen LogP contribution in [0.15, 0.2) is 65.1 Å². The van der Waals surface area contributed by atoms with Crippen LogP contribution in [0, 0.1) is 6.92 Å². The highest BCUT2D eigenvalue weighted by molar-refractivity contribution is 5.76. The molecule has 27 heavy (non-hydrogen) atoms. The Labute approximate surface area is 160 Å². The highest BCUT2D eigenvalue weighted by Gasteiger charge is 2.08. The first-order chi connectivity index (χ1) is 13.2. The van der Waals surface area contributed by atoms with Crippen LogP contribution >= 0.6 is 0 Å². The Morgan fingerprint density at radius 3 is 2.63 bits per heavy atom. The molecule has 0 saturated carbocycles. The van der Waals surface area contributed by atoms with E-state index in [0.29, 0.717) is 19.4 Å². The van der Waals surface area contributed by atoms with E-state index in [2.05, 4.69) is 18.3 Å². The van der Waals surface area contributed by atoms with Crippen molar-refractivity contribution in [3.63, 3.8) is 0 Å². The maximum Gasteiger partial charge on any atom is 0.220 e. The number of ether oxygens (including phenoxy) is 1. The molecule has 0 aliphatic carbocycles. The number of benzene rings is 2. The lowest BCUT2D eigenvalue weighted by Gasteiger charge is -2.10. The molecule has 1 heterocycles. The van der Waals surface area contributed by atoms with Gasteiger partial charge in [0.25, 0.3) is 0 Å². The van der Waals surface area contributed by atoms with Crippen molar-refractivity contribution >= 4 is 5.91 Å². The predicted octanol–water partition coefficient (Wildman–Crippen LogP) is 4.56. The van der Waals surface area contributed by atoms with E-state index >= 15 is 0 Å². The molecule has 3 aromatic rings. The van der Waals surface area contributed by atoms with Crippen molar-refractivity contribution in [1.29, 1.82) is 0 Å². The van der Waals surface area contributed by atoms with E-state index in [-0.39, 0.29) is 5.91 Å².